The minimum atomic E-state index is -4.16. The van der Waals surface area contributed by atoms with Gasteiger partial charge in [0.05, 0.1) is 18.8 Å². The Labute approximate surface area is 150 Å². The molecule has 1 aromatic carbocycles. The van der Waals surface area contributed by atoms with Crippen LogP contribution in [0.3, 0.4) is 0 Å². The van der Waals surface area contributed by atoms with Crippen molar-refractivity contribution in [1.29, 1.82) is 0 Å². The molecule has 1 aromatic heterocycles. The van der Waals surface area contributed by atoms with Crippen molar-refractivity contribution in [2.45, 2.75) is 25.2 Å². The van der Waals surface area contributed by atoms with E-state index >= 15 is 0 Å². The fourth-order valence-electron chi connectivity index (χ4n) is 3.23. The van der Waals surface area contributed by atoms with Gasteiger partial charge in [0.25, 0.3) is 0 Å². The molecule has 1 atom stereocenters. The predicted octanol–water partition coefficient (Wildman–Crippen LogP) is 2.54. The van der Waals surface area contributed by atoms with E-state index in [0.717, 1.165) is 16.5 Å². The Kier molecular flexibility index (Phi) is 5.61. The first-order valence-corrected chi connectivity index (χ1v) is 8.53. The Morgan fingerprint density at radius 1 is 1.31 bits per heavy atom. The number of fused-ring (bicyclic) bond motifs is 1. The number of guanidine groups is 1. The third-order valence-corrected chi connectivity index (χ3v) is 4.42. The maximum atomic E-state index is 12.5. The Hall–Kier alpha value is -2.35. The van der Waals surface area contributed by atoms with Gasteiger partial charge in [-0.2, -0.15) is 13.2 Å². The molecule has 1 aliphatic rings. The molecule has 2 heterocycles. The summed E-state index contributed by atoms with van der Waals surface area (Å²) >= 11 is 0. The first-order chi connectivity index (χ1) is 12.4. The van der Waals surface area contributed by atoms with E-state index in [4.69, 9.17) is 0 Å². The van der Waals surface area contributed by atoms with Gasteiger partial charge in [0.1, 0.15) is 0 Å². The van der Waals surface area contributed by atoms with Gasteiger partial charge in [-0.25, -0.2) is 0 Å². The summed E-state index contributed by atoms with van der Waals surface area (Å²) in [6.45, 7) is 0.406. The number of benzene rings is 1. The summed E-state index contributed by atoms with van der Waals surface area (Å²) in [7, 11) is 1.65. The average molecular weight is 365 g/mol. The van der Waals surface area contributed by atoms with Crippen molar-refractivity contribution in [3.05, 3.63) is 42.2 Å². The molecule has 0 aliphatic carbocycles. The summed E-state index contributed by atoms with van der Waals surface area (Å²) < 4.78 is 37.5. The molecule has 1 aliphatic heterocycles. The van der Waals surface area contributed by atoms with E-state index in [-0.39, 0.29) is 6.04 Å². The minimum Gasteiger partial charge on any atom is -0.352 e. The van der Waals surface area contributed by atoms with E-state index in [1.807, 2.05) is 30.3 Å². The zero-order valence-corrected chi connectivity index (χ0v) is 14.6. The second-order valence-corrected chi connectivity index (χ2v) is 6.38. The lowest BCUT2D eigenvalue weighted by molar-refractivity contribution is -0.143. The largest absolute Gasteiger partial charge is 0.401 e. The van der Waals surface area contributed by atoms with Gasteiger partial charge >= 0.3 is 6.18 Å². The lowest BCUT2D eigenvalue weighted by atomic mass is 10.1. The smallest absolute Gasteiger partial charge is 0.352 e. The van der Waals surface area contributed by atoms with Crippen LogP contribution in [0, 0.1) is 0 Å². The van der Waals surface area contributed by atoms with Gasteiger partial charge in [0, 0.05) is 37.8 Å². The molecule has 26 heavy (non-hydrogen) atoms. The Morgan fingerprint density at radius 2 is 2.12 bits per heavy atom. The third kappa shape index (κ3) is 4.85. The predicted molar refractivity (Wildman–Crippen MR) is 96.0 cm³/mol. The molecule has 0 bridgehead atoms. The van der Waals surface area contributed by atoms with Gasteiger partial charge in [0.2, 0.25) is 0 Å². The molecule has 8 heteroatoms. The third-order valence-electron chi connectivity index (χ3n) is 4.42. The molecule has 0 radical (unpaired) electrons. The minimum absolute atomic E-state index is 0.0518. The van der Waals surface area contributed by atoms with Crippen molar-refractivity contribution in [3.8, 4) is 0 Å². The van der Waals surface area contributed by atoms with Crippen LogP contribution >= 0.6 is 0 Å². The molecule has 3 rings (SSSR count). The lowest BCUT2D eigenvalue weighted by Gasteiger charge is -2.20. The van der Waals surface area contributed by atoms with Gasteiger partial charge in [-0.05, 0) is 17.9 Å². The molecule has 1 unspecified atom stereocenters. The van der Waals surface area contributed by atoms with E-state index < -0.39 is 12.7 Å². The highest BCUT2D eigenvalue weighted by atomic mass is 19.4. The molecule has 1 fully saturated rings. The number of nitrogens with one attached hydrogen (secondary N) is 2. The number of likely N-dealkylation sites (tertiary alicyclic amines) is 1. The summed E-state index contributed by atoms with van der Waals surface area (Å²) in [6.07, 6.45) is -1.74. The van der Waals surface area contributed by atoms with E-state index in [1.165, 1.54) is 4.90 Å². The summed E-state index contributed by atoms with van der Waals surface area (Å²) in [5.74, 6) is 0.568. The normalized spacial score (nSPS) is 19.1. The van der Waals surface area contributed by atoms with Gasteiger partial charge in [-0.15, -0.1) is 0 Å². The molecular formula is C18H22F3N5. The van der Waals surface area contributed by atoms with Crippen molar-refractivity contribution in [2.75, 3.05) is 26.7 Å². The number of rotatable bonds is 4. The van der Waals surface area contributed by atoms with Crippen LogP contribution in [-0.4, -0.2) is 54.7 Å². The monoisotopic (exact) mass is 365 g/mol. The number of pyridine rings is 1. The average Bonchev–Trinajstić information content (AvgIpc) is 3.03. The molecule has 140 valence electrons. The van der Waals surface area contributed by atoms with E-state index in [1.54, 1.807) is 13.2 Å². The SMILES string of the molecule is CN=C(NCc1nccc2ccccc12)NC1CCN(CC(F)(F)F)C1. The fourth-order valence-corrected chi connectivity index (χ4v) is 3.23. The highest BCUT2D eigenvalue weighted by Gasteiger charge is 2.34. The molecular weight excluding hydrogens is 343 g/mol. The lowest BCUT2D eigenvalue weighted by Crippen LogP contribution is -2.45. The molecule has 2 aromatic rings. The van der Waals surface area contributed by atoms with Crippen LogP contribution < -0.4 is 10.6 Å². The highest BCUT2D eigenvalue weighted by Crippen LogP contribution is 2.20. The summed E-state index contributed by atoms with van der Waals surface area (Å²) in [5.41, 5.74) is 0.899. The van der Waals surface area contributed by atoms with Crippen LogP contribution in [0.5, 0.6) is 0 Å². The highest BCUT2D eigenvalue weighted by molar-refractivity contribution is 5.85. The second-order valence-electron chi connectivity index (χ2n) is 6.38. The number of halogens is 3. The number of alkyl halides is 3. The zero-order chi connectivity index (χ0) is 18.6. The summed E-state index contributed by atoms with van der Waals surface area (Å²) in [6, 6.07) is 9.90. The maximum absolute atomic E-state index is 12.5. The fraction of sp³-hybridized carbons (Fsp3) is 0.444. The van der Waals surface area contributed by atoms with Crippen molar-refractivity contribution in [3.63, 3.8) is 0 Å². The first-order valence-electron chi connectivity index (χ1n) is 8.53. The topological polar surface area (TPSA) is 52.6 Å². The number of hydrogen-bond donors (Lipinski definition) is 2. The molecule has 0 saturated carbocycles. The standard InChI is InChI=1S/C18H22F3N5/c1-22-17(25-14-7-9-26(11-14)12-18(19,20)21)24-10-16-15-5-3-2-4-13(15)6-8-23-16/h2-6,8,14H,7,9-12H2,1H3,(H2,22,24,25). The van der Waals surface area contributed by atoms with Crippen LogP contribution in [0.1, 0.15) is 12.1 Å². The van der Waals surface area contributed by atoms with Gasteiger partial charge in [-0.1, -0.05) is 24.3 Å². The van der Waals surface area contributed by atoms with Crippen molar-refractivity contribution in [2.24, 2.45) is 4.99 Å². The molecule has 0 amide bonds. The summed E-state index contributed by atoms with van der Waals surface area (Å²) in [5, 5.41) is 8.58. The van der Waals surface area contributed by atoms with Gasteiger partial charge in [-0.3, -0.25) is 14.9 Å². The van der Waals surface area contributed by atoms with Crippen molar-refractivity contribution >= 4 is 16.7 Å². The number of nitrogens with zero attached hydrogens (tertiary/aromatic N) is 3. The van der Waals surface area contributed by atoms with Crippen LogP contribution in [0.15, 0.2) is 41.5 Å². The van der Waals surface area contributed by atoms with E-state index in [9.17, 15) is 13.2 Å². The van der Waals surface area contributed by atoms with Crippen molar-refractivity contribution in [1.82, 2.24) is 20.5 Å². The maximum Gasteiger partial charge on any atom is 0.401 e. The second kappa shape index (κ2) is 7.90. The molecule has 5 nitrogen and oxygen atoms in total. The quantitative estimate of drug-likeness (QED) is 0.646. The Bertz CT molecular complexity index is 770. The zero-order valence-electron chi connectivity index (χ0n) is 14.6. The van der Waals surface area contributed by atoms with Crippen LogP contribution in [0.25, 0.3) is 10.8 Å². The number of hydrogen-bond acceptors (Lipinski definition) is 3. The number of aromatic nitrogens is 1. The molecule has 1 saturated heterocycles. The van der Waals surface area contributed by atoms with Crippen LogP contribution in [-0.2, 0) is 6.54 Å². The van der Waals surface area contributed by atoms with Gasteiger partial charge < -0.3 is 10.6 Å². The first kappa shape index (κ1) is 18.4. The molecule has 0 spiro atoms. The Balaban J connectivity index is 1.56. The Morgan fingerprint density at radius 3 is 2.88 bits per heavy atom. The van der Waals surface area contributed by atoms with Crippen LogP contribution in [0.4, 0.5) is 13.2 Å². The summed E-state index contributed by atoms with van der Waals surface area (Å²) in [4.78, 5) is 10.0. The van der Waals surface area contributed by atoms with Crippen LogP contribution in [0.2, 0.25) is 0 Å². The molecule has 2 N–H and O–H groups in total. The van der Waals surface area contributed by atoms with Gasteiger partial charge in [0.15, 0.2) is 5.96 Å². The number of aliphatic imine (C=N–C) groups is 1. The van der Waals surface area contributed by atoms with E-state index in [2.05, 4.69) is 20.6 Å². The van der Waals surface area contributed by atoms with E-state index in [0.29, 0.717) is 32.0 Å². The van der Waals surface area contributed by atoms with Crippen molar-refractivity contribution < 1.29 is 13.2 Å².